The van der Waals surface area contributed by atoms with Crippen molar-refractivity contribution in [1.29, 1.82) is 0 Å². The maximum atomic E-state index is 5.97. The lowest BCUT2D eigenvalue weighted by molar-refractivity contribution is 0.414. The predicted octanol–water partition coefficient (Wildman–Crippen LogP) is 2.65. The van der Waals surface area contributed by atoms with Crippen LogP contribution in [-0.4, -0.2) is 26.2 Å². The van der Waals surface area contributed by atoms with Crippen molar-refractivity contribution < 1.29 is 4.74 Å². The first-order valence-electron chi connectivity index (χ1n) is 6.07. The molecule has 3 nitrogen and oxygen atoms in total. The SMILES string of the molecule is COc1ccccc1N(C)CCCC(C)(C)N. The van der Waals surface area contributed by atoms with Gasteiger partial charge in [-0.25, -0.2) is 0 Å². The molecular formula is C14H24N2O. The van der Waals surface area contributed by atoms with Crippen LogP contribution in [0.15, 0.2) is 24.3 Å². The van der Waals surface area contributed by atoms with Crippen LogP contribution in [0.2, 0.25) is 0 Å². The second-order valence-corrected chi connectivity index (χ2v) is 5.19. The van der Waals surface area contributed by atoms with Gasteiger partial charge in [-0.1, -0.05) is 12.1 Å². The molecule has 0 atom stereocenters. The Hall–Kier alpha value is -1.22. The number of anilines is 1. The summed E-state index contributed by atoms with van der Waals surface area (Å²) in [4.78, 5) is 2.21. The maximum absolute atomic E-state index is 5.97. The van der Waals surface area contributed by atoms with Crippen LogP contribution in [0.25, 0.3) is 0 Å². The van der Waals surface area contributed by atoms with E-state index in [0.717, 1.165) is 30.8 Å². The van der Waals surface area contributed by atoms with Gasteiger partial charge in [0.15, 0.2) is 0 Å². The smallest absolute Gasteiger partial charge is 0.142 e. The van der Waals surface area contributed by atoms with E-state index in [4.69, 9.17) is 10.5 Å². The fraction of sp³-hybridized carbons (Fsp3) is 0.571. The Kier molecular flexibility index (Phi) is 4.82. The van der Waals surface area contributed by atoms with Gasteiger partial charge in [0.05, 0.1) is 12.8 Å². The molecule has 0 fully saturated rings. The average molecular weight is 236 g/mol. The number of hydrogen-bond acceptors (Lipinski definition) is 3. The van der Waals surface area contributed by atoms with Gasteiger partial charge < -0.3 is 15.4 Å². The first-order chi connectivity index (χ1) is 7.94. The van der Waals surface area contributed by atoms with Crippen LogP contribution >= 0.6 is 0 Å². The molecule has 0 bridgehead atoms. The highest BCUT2D eigenvalue weighted by atomic mass is 16.5. The van der Waals surface area contributed by atoms with Gasteiger partial charge in [0.25, 0.3) is 0 Å². The van der Waals surface area contributed by atoms with Crippen molar-refractivity contribution in [2.24, 2.45) is 5.73 Å². The highest BCUT2D eigenvalue weighted by Crippen LogP contribution is 2.26. The van der Waals surface area contributed by atoms with Crippen molar-refractivity contribution in [3.8, 4) is 5.75 Å². The summed E-state index contributed by atoms with van der Waals surface area (Å²) in [6.07, 6.45) is 2.10. The molecule has 1 aromatic rings. The molecule has 0 unspecified atom stereocenters. The molecule has 0 radical (unpaired) electrons. The van der Waals surface area contributed by atoms with Crippen LogP contribution in [0.3, 0.4) is 0 Å². The van der Waals surface area contributed by atoms with Gasteiger partial charge in [-0.3, -0.25) is 0 Å². The summed E-state index contributed by atoms with van der Waals surface area (Å²) in [5.41, 5.74) is 7.02. The molecule has 2 N–H and O–H groups in total. The van der Waals surface area contributed by atoms with Gasteiger partial charge in [-0.2, -0.15) is 0 Å². The van der Waals surface area contributed by atoms with E-state index in [9.17, 15) is 0 Å². The number of nitrogens with two attached hydrogens (primary N) is 1. The minimum absolute atomic E-state index is 0.0817. The minimum atomic E-state index is -0.0817. The van der Waals surface area contributed by atoms with Crippen molar-refractivity contribution in [1.82, 2.24) is 0 Å². The molecule has 0 aromatic heterocycles. The second-order valence-electron chi connectivity index (χ2n) is 5.19. The third kappa shape index (κ3) is 4.65. The maximum Gasteiger partial charge on any atom is 0.142 e. The zero-order valence-electron chi connectivity index (χ0n) is 11.4. The Morgan fingerprint density at radius 3 is 2.53 bits per heavy atom. The largest absolute Gasteiger partial charge is 0.495 e. The van der Waals surface area contributed by atoms with Crippen molar-refractivity contribution in [3.63, 3.8) is 0 Å². The third-order valence-corrected chi connectivity index (χ3v) is 2.81. The minimum Gasteiger partial charge on any atom is -0.495 e. The first kappa shape index (κ1) is 13.8. The molecule has 0 saturated heterocycles. The summed E-state index contributed by atoms with van der Waals surface area (Å²) in [7, 11) is 3.79. The fourth-order valence-corrected chi connectivity index (χ4v) is 1.84. The van der Waals surface area contributed by atoms with E-state index in [0.29, 0.717) is 0 Å². The number of ether oxygens (including phenoxy) is 1. The highest BCUT2D eigenvalue weighted by Gasteiger charge is 2.12. The molecule has 17 heavy (non-hydrogen) atoms. The molecule has 0 amide bonds. The molecule has 0 aliphatic carbocycles. The van der Waals surface area contributed by atoms with Gasteiger partial charge in [0, 0.05) is 19.1 Å². The first-order valence-corrected chi connectivity index (χ1v) is 6.07. The predicted molar refractivity (Wildman–Crippen MR) is 73.8 cm³/mol. The standard InChI is InChI=1S/C14H24N2O/c1-14(2,15)10-7-11-16(3)12-8-5-6-9-13(12)17-4/h5-6,8-9H,7,10-11,15H2,1-4H3. The number of rotatable bonds is 6. The summed E-state index contributed by atoms with van der Waals surface area (Å²) in [5, 5.41) is 0. The van der Waals surface area contributed by atoms with Crippen LogP contribution in [0.1, 0.15) is 26.7 Å². The van der Waals surface area contributed by atoms with Crippen LogP contribution in [-0.2, 0) is 0 Å². The molecule has 1 aromatic carbocycles. The molecular weight excluding hydrogens is 212 g/mol. The summed E-state index contributed by atoms with van der Waals surface area (Å²) in [6.45, 7) is 5.12. The quantitative estimate of drug-likeness (QED) is 0.825. The van der Waals surface area contributed by atoms with E-state index in [1.165, 1.54) is 0 Å². The molecule has 0 spiro atoms. The third-order valence-electron chi connectivity index (χ3n) is 2.81. The Morgan fingerprint density at radius 1 is 1.29 bits per heavy atom. The molecule has 0 aliphatic rings. The summed E-state index contributed by atoms with van der Waals surface area (Å²) >= 11 is 0. The van der Waals surface area contributed by atoms with Crippen LogP contribution in [0.4, 0.5) is 5.69 Å². The summed E-state index contributed by atoms with van der Waals surface area (Å²) < 4.78 is 5.35. The van der Waals surface area contributed by atoms with Crippen LogP contribution in [0.5, 0.6) is 5.75 Å². The Balaban J connectivity index is 2.55. The Labute approximate surface area is 105 Å². The lowest BCUT2D eigenvalue weighted by Crippen LogP contribution is -2.33. The normalized spacial score (nSPS) is 11.4. The topological polar surface area (TPSA) is 38.5 Å². The van der Waals surface area contributed by atoms with Gasteiger partial charge in [-0.05, 0) is 38.8 Å². The lowest BCUT2D eigenvalue weighted by atomic mass is 10.00. The lowest BCUT2D eigenvalue weighted by Gasteiger charge is -2.24. The van der Waals surface area contributed by atoms with Crippen LogP contribution in [0, 0.1) is 0 Å². The van der Waals surface area contributed by atoms with E-state index in [1.54, 1.807) is 7.11 Å². The van der Waals surface area contributed by atoms with E-state index >= 15 is 0 Å². The Morgan fingerprint density at radius 2 is 1.94 bits per heavy atom. The number of benzene rings is 1. The van der Waals surface area contributed by atoms with E-state index in [2.05, 4.69) is 31.9 Å². The zero-order valence-corrected chi connectivity index (χ0v) is 11.4. The van der Waals surface area contributed by atoms with Crippen molar-refractivity contribution in [3.05, 3.63) is 24.3 Å². The van der Waals surface area contributed by atoms with Crippen molar-refractivity contribution in [2.75, 3.05) is 25.6 Å². The number of nitrogens with zero attached hydrogens (tertiary/aromatic N) is 1. The Bertz CT molecular complexity index is 344. The molecule has 0 aliphatic heterocycles. The van der Waals surface area contributed by atoms with Crippen molar-refractivity contribution in [2.45, 2.75) is 32.2 Å². The molecule has 0 saturated carbocycles. The van der Waals surface area contributed by atoms with Gasteiger partial charge >= 0.3 is 0 Å². The summed E-state index contributed by atoms with van der Waals surface area (Å²) in [6, 6.07) is 8.07. The summed E-state index contributed by atoms with van der Waals surface area (Å²) in [5.74, 6) is 0.919. The second kappa shape index (κ2) is 5.92. The average Bonchev–Trinajstić information content (AvgIpc) is 2.27. The van der Waals surface area contributed by atoms with Gasteiger partial charge in [0.2, 0.25) is 0 Å². The van der Waals surface area contributed by atoms with E-state index in [1.807, 2.05) is 18.2 Å². The van der Waals surface area contributed by atoms with E-state index < -0.39 is 0 Å². The van der Waals surface area contributed by atoms with E-state index in [-0.39, 0.29) is 5.54 Å². The molecule has 96 valence electrons. The van der Waals surface area contributed by atoms with Crippen molar-refractivity contribution >= 4 is 5.69 Å². The molecule has 0 heterocycles. The number of methoxy groups -OCH3 is 1. The van der Waals surface area contributed by atoms with Crippen LogP contribution < -0.4 is 15.4 Å². The molecule has 1 rings (SSSR count). The number of para-hydroxylation sites is 2. The van der Waals surface area contributed by atoms with Gasteiger partial charge in [0.1, 0.15) is 5.75 Å². The highest BCUT2D eigenvalue weighted by molar-refractivity contribution is 5.57. The molecule has 3 heteroatoms. The fourth-order valence-electron chi connectivity index (χ4n) is 1.84. The monoisotopic (exact) mass is 236 g/mol. The zero-order chi connectivity index (χ0) is 12.9. The van der Waals surface area contributed by atoms with Gasteiger partial charge in [-0.15, -0.1) is 0 Å². The number of hydrogen-bond donors (Lipinski definition) is 1.